The average Bonchev–Trinajstić information content (AvgIpc) is 2.35. The molecule has 0 aliphatic heterocycles. The number of hydrogen-bond acceptors (Lipinski definition) is 4. The molecule has 1 aromatic rings. The normalized spacial score (nSPS) is 12.2. The fraction of sp³-hybridized carbons (Fsp3) is 0.417. The molecule has 2 N–H and O–H groups in total. The van der Waals surface area contributed by atoms with E-state index in [2.05, 4.69) is 5.32 Å². The number of hydrogen-bond donors (Lipinski definition) is 2. The smallest absolute Gasteiger partial charge is 0.320 e. The van der Waals surface area contributed by atoms with Crippen molar-refractivity contribution in [1.82, 2.24) is 5.32 Å². The number of ether oxygens (including phenoxy) is 1. The zero-order chi connectivity index (χ0) is 12.8. The lowest BCUT2D eigenvalue weighted by molar-refractivity contribution is -0.139. The van der Waals surface area contributed by atoms with Gasteiger partial charge in [0.1, 0.15) is 11.8 Å². The maximum atomic E-state index is 10.7. The van der Waals surface area contributed by atoms with Crippen molar-refractivity contribution < 1.29 is 14.6 Å². The summed E-state index contributed by atoms with van der Waals surface area (Å²) >= 11 is 1.64. The molecular formula is C12H17NO3S. The summed E-state index contributed by atoms with van der Waals surface area (Å²) in [7, 11) is 1.61. The van der Waals surface area contributed by atoms with Crippen LogP contribution in [-0.4, -0.2) is 30.5 Å². The SMILES string of the molecule is COc1cc(SC)ccc1CN[C@@H](C)C(=O)O. The van der Waals surface area contributed by atoms with Crippen molar-refractivity contribution in [2.45, 2.75) is 24.4 Å². The van der Waals surface area contributed by atoms with Gasteiger partial charge in [0.15, 0.2) is 0 Å². The number of nitrogens with one attached hydrogen (secondary N) is 1. The lowest BCUT2D eigenvalue weighted by atomic mass is 10.2. The van der Waals surface area contributed by atoms with Gasteiger partial charge in [-0.2, -0.15) is 0 Å². The monoisotopic (exact) mass is 255 g/mol. The molecule has 0 aliphatic rings. The highest BCUT2D eigenvalue weighted by Crippen LogP contribution is 2.25. The zero-order valence-electron chi connectivity index (χ0n) is 10.2. The first kappa shape index (κ1) is 13.9. The van der Waals surface area contributed by atoms with Crippen LogP contribution in [0.4, 0.5) is 0 Å². The molecule has 0 heterocycles. The molecule has 0 aliphatic carbocycles. The van der Waals surface area contributed by atoms with Gasteiger partial charge in [-0.15, -0.1) is 11.8 Å². The second-order valence-electron chi connectivity index (χ2n) is 3.62. The Morgan fingerprint density at radius 2 is 2.29 bits per heavy atom. The Balaban J connectivity index is 2.73. The summed E-state index contributed by atoms with van der Waals surface area (Å²) in [5, 5.41) is 11.7. The van der Waals surface area contributed by atoms with Crippen molar-refractivity contribution in [3.05, 3.63) is 23.8 Å². The van der Waals surface area contributed by atoms with Gasteiger partial charge in [0.05, 0.1) is 7.11 Å². The molecule has 4 nitrogen and oxygen atoms in total. The van der Waals surface area contributed by atoms with Crippen LogP contribution in [0.25, 0.3) is 0 Å². The van der Waals surface area contributed by atoms with Gasteiger partial charge in [-0.3, -0.25) is 4.79 Å². The third kappa shape index (κ3) is 3.94. The summed E-state index contributed by atoms with van der Waals surface area (Å²) in [6.07, 6.45) is 2.00. The molecule has 0 unspecified atom stereocenters. The van der Waals surface area contributed by atoms with Crippen LogP contribution in [0.15, 0.2) is 23.1 Å². The van der Waals surface area contributed by atoms with Gasteiger partial charge in [-0.1, -0.05) is 6.07 Å². The van der Waals surface area contributed by atoms with Crippen molar-refractivity contribution >= 4 is 17.7 Å². The van der Waals surface area contributed by atoms with Crippen LogP contribution in [-0.2, 0) is 11.3 Å². The van der Waals surface area contributed by atoms with E-state index in [9.17, 15) is 4.79 Å². The van der Waals surface area contributed by atoms with E-state index in [1.807, 2.05) is 24.5 Å². The Hall–Kier alpha value is -1.20. The van der Waals surface area contributed by atoms with E-state index in [1.54, 1.807) is 25.8 Å². The molecule has 1 rings (SSSR count). The number of carboxylic acids is 1. The van der Waals surface area contributed by atoms with E-state index in [0.717, 1.165) is 16.2 Å². The second kappa shape index (κ2) is 6.51. The molecule has 0 spiro atoms. The standard InChI is InChI=1S/C12H17NO3S/c1-8(12(14)15)13-7-9-4-5-10(17-3)6-11(9)16-2/h4-6,8,13H,7H2,1-3H3,(H,14,15)/t8-/m0/s1. The minimum atomic E-state index is -0.857. The number of methoxy groups -OCH3 is 1. The molecule has 0 aromatic heterocycles. The van der Waals surface area contributed by atoms with Gasteiger partial charge in [-0.05, 0) is 25.3 Å². The number of aliphatic carboxylic acids is 1. The molecule has 94 valence electrons. The first-order valence-corrected chi connectivity index (χ1v) is 6.48. The largest absolute Gasteiger partial charge is 0.496 e. The van der Waals surface area contributed by atoms with Crippen molar-refractivity contribution in [3.8, 4) is 5.75 Å². The predicted octanol–water partition coefficient (Wildman–Crippen LogP) is 1.98. The van der Waals surface area contributed by atoms with Gasteiger partial charge >= 0.3 is 5.97 Å². The molecule has 0 saturated carbocycles. The Kier molecular flexibility index (Phi) is 5.31. The Morgan fingerprint density at radius 3 is 2.82 bits per heavy atom. The molecule has 1 atom stereocenters. The number of carbonyl (C=O) groups is 1. The van der Waals surface area contributed by atoms with Crippen molar-refractivity contribution in [2.24, 2.45) is 0 Å². The number of thioether (sulfide) groups is 1. The third-order valence-electron chi connectivity index (χ3n) is 2.46. The van der Waals surface area contributed by atoms with Crippen LogP contribution in [0.5, 0.6) is 5.75 Å². The molecule has 0 saturated heterocycles. The molecule has 0 bridgehead atoms. The van der Waals surface area contributed by atoms with Crippen molar-refractivity contribution in [3.63, 3.8) is 0 Å². The van der Waals surface area contributed by atoms with Crippen molar-refractivity contribution in [1.29, 1.82) is 0 Å². The van der Waals surface area contributed by atoms with Crippen LogP contribution in [0.1, 0.15) is 12.5 Å². The second-order valence-corrected chi connectivity index (χ2v) is 4.50. The van der Waals surface area contributed by atoms with E-state index < -0.39 is 12.0 Å². The van der Waals surface area contributed by atoms with E-state index in [4.69, 9.17) is 9.84 Å². The maximum Gasteiger partial charge on any atom is 0.320 e. The molecule has 5 heteroatoms. The van der Waals surface area contributed by atoms with E-state index >= 15 is 0 Å². The summed E-state index contributed by atoms with van der Waals surface area (Å²) in [5.41, 5.74) is 0.957. The highest BCUT2D eigenvalue weighted by Gasteiger charge is 2.11. The van der Waals surface area contributed by atoms with Gasteiger partial charge in [0, 0.05) is 17.0 Å². The van der Waals surface area contributed by atoms with Gasteiger partial charge < -0.3 is 15.2 Å². The van der Waals surface area contributed by atoms with Crippen LogP contribution in [0, 0.1) is 0 Å². The Morgan fingerprint density at radius 1 is 1.59 bits per heavy atom. The van der Waals surface area contributed by atoms with Crippen LogP contribution < -0.4 is 10.1 Å². The van der Waals surface area contributed by atoms with E-state index in [-0.39, 0.29) is 0 Å². The molecule has 0 amide bonds. The summed E-state index contributed by atoms with van der Waals surface area (Å²) in [6.45, 7) is 2.09. The Bertz CT molecular complexity index is 395. The summed E-state index contributed by atoms with van der Waals surface area (Å²) in [5.74, 6) is -0.0772. The lowest BCUT2D eigenvalue weighted by Gasteiger charge is -2.13. The van der Waals surface area contributed by atoms with E-state index in [0.29, 0.717) is 6.54 Å². The van der Waals surface area contributed by atoms with E-state index in [1.165, 1.54) is 0 Å². The molecule has 0 fully saturated rings. The topological polar surface area (TPSA) is 58.6 Å². The fourth-order valence-electron chi connectivity index (χ4n) is 1.35. The predicted molar refractivity (Wildman–Crippen MR) is 68.7 cm³/mol. The Labute approximate surface area is 105 Å². The highest BCUT2D eigenvalue weighted by atomic mass is 32.2. The minimum absolute atomic E-state index is 0.477. The van der Waals surface area contributed by atoms with Gasteiger partial charge in [-0.25, -0.2) is 0 Å². The quantitative estimate of drug-likeness (QED) is 0.761. The van der Waals surface area contributed by atoms with Crippen LogP contribution in [0.3, 0.4) is 0 Å². The average molecular weight is 255 g/mol. The lowest BCUT2D eigenvalue weighted by Crippen LogP contribution is -2.33. The maximum absolute atomic E-state index is 10.7. The first-order valence-electron chi connectivity index (χ1n) is 5.25. The highest BCUT2D eigenvalue weighted by molar-refractivity contribution is 7.98. The van der Waals surface area contributed by atoms with Gasteiger partial charge in [0.25, 0.3) is 0 Å². The fourth-order valence-corrected chi connectivity index (χ4v) is 1.78. The van der Waals surface area contributed by atoms with Gasteiger partial charge in [0.2, 0.25) is 0 Å². The summed E-state index contributed by atoms with van der Waals surface area (Å²) < 4.78 is 5.28. The minimum Gasteiger partial charge on any atom is -0.496 e. The molecule has 0 radical (unpaired) electrons. The molecular weight excluding hydrogens is 238 g/mol. The number of rotatable bonds is 6. The van der Waals surface area contributed by atoms with Crippen LogP contribution in [0.2, 0.25) is 0 Å². The summed E-state index contributed by atoms with van der Waals surface area (Å²) in [4.78, 5) is 11.8. The zero-order valence-corrected chi connectivity index (χ0v) is 11.0. The van der Waals surface area contributed by atoms with Crippen LogP contribution >= 0.6 is 11.8 Å². The first-order chi connectivity index (χ1) is 8.08. The molecule has 17 heavy (non-hydrogen) atoms. The summed E-state index contributed by atoms with van der Waals surface area (Å²) in [6, 6.07) is 5.33. The van der Waals surface area contributed by atoms with Crippen molar-refractivity contribution in [2.75, 3.05) is 13.4 Å². The molecule has 1 aromatic carbocycles. The number of benzene rings is 1. The third-order valence-corrected chi connectivity index (χ3v) is 3.19. The number of carboxylic acid groups (broad SMARTS) is 1.